The molecule has 1 atom stereocenters. The quantitative estimate of drug-likeness (QED) is 0.834. The lowest BCUT2D eigenvalue weighted by atomic mass is 10.0. The molecule has 0 bridgehead atoms. The second kappa shape index (κ2) is 5.26. The maximum atomic E-state index is 12.2. The number of rotatable bonds is 3. The Bertz CT molecular complexity index is 472. The largest absolute Gasteiger partial charge is 0.330 e. The molecule has 2 amide bonds. The highest BCUT2D eigenvalue weighted by Gasteiger charge is 2.38. The van der Waals surface area contributed by atoms with Crippen LogP contribution in [-0.2, 0) is 9.59 Å². The number of hydrogen-bond donors (Lipinski definition) is 2. The van der Waals surface area contributed by atoms with Crippen molar-refractivity contribution in [2.75, 3.05) is 25.0 Å². The molecule has 1 aromatic heterocycles. The molecule has 1 unspecified atom stereocenters. The van der Waals surface area contributed by atoms with E-state index < -0.39 is 0 Å². The fraction of sp³-hybridized carbons (Fsp3) is 0.583. The van der Waals surface area contributed by atoms with Gasteiger partial charge in [0, 0.05) is 31.2 Å². The van der Waals surface area contributed by atoms with Crippen molar-refractivity contribution in [1.82, 2.24) is 15.2 Å². The summed E-state index contributed by atoms with van der Waals surface area (Å²) in [6.45, 7) is 2.15. The minimum atomic E-state index is -0.336. The summed E-state index contributed by atoms with van der Waals surface area (Å²) in [7, 11) is 0. The number of amides is 2. The Morgan fingerprint density at radius 2 is 2.32 bits per heavy atom. The van der Waals surface area contributed by atoms with Crippen molar-refractivity contribution in [2.45, 2.75) is 18.9 Å². The second-order valence-corrected chi connectivity index (χ2v) is 5.77. The van der Waals surface area contributed by atoms with E-state index in [0.29, 0.717) is 11.7 Å². The van der Waals surface area contributed by atoms with Crippen LogP contribution in [0.1, 0.15) is 12.8 Å². The first-order valence-corrected chi connectivity index (χ1v) is 7.35. The van der Waals surface area contributed by atoms with E-state index in [4.69, 9.17) is 0 Å². The summed E-state index contributed by atoms with van der Waals surface area (Å²) in [6.07, 6.45) is 3.28. The van der Waals surface area contributed by atoms with Crippen LogP contribution in [0.15, 0.2) is 11.6 Å². The van der Waals surface area contributed by atoms with Crippen molar-refractivity contribution < 1.29 is 9.59 Å². The molecular formula is C12H16N4O2S. The van der Waals surface area contributed by atoms with E-state index in [2.05, 4.69) is 15.6 Å². The van der Waals surface area contributed by atoms with Gasteiger partial charge in [-0.1, -0.05) is 0 Å². The van der Waals surface area contributed by atoms with Gasteiger partial charge < -0.3 is 15.5 Å². The van der Waals surface area contributed by atoms with Gasteiger partial charge in [-0.05, 0) is 12.8 Å². The Kier molecular flexibility index (Phi) is 3.48. The normalized spacial score (nSPS) is 23.2. The first-order chi connectivity index (χ1) is 9.25. The number of hydrogen-bond acceptors (Lipinski definition) is 5. The van der Waals surface area contributed by atoms with E-state index in [1.54, 1.807) is 11.1 Å². The van der Waals surface area contributed by atoms with Gasteiger partial charge in [-0.2, -0.15) is 0 Å². The van der Waals surface area contributed by atoms with Crippen molar-refractivity contribution in [3.8, 4) is 0 Å². The van der Waals surface area contributed by atoms with Crippen LogP contribution in [0.25, 0.3) is 0 Å². The van der Waals surface area contributed by atoms with Gasteiger partial charge in [0.2, 0.25) is 11.8 Å². The third kappa shape index (κ3) is 2.48. The van der Waals surface area contributed by atoms with Crippen LogP contribution in [0.5, 0.6) is 0 Å². The van der Waals surface area contributed by atoms with Gasteiger partial charge in [0.05, 0.1) is 5.92 Å². The van der Waals surface area contributed by atoms with Crippen molar-refractivity contribution in [3.05, 3.63) is 11.6 Å². The zero-order valence-electron chi connectivity index (χ0n) is 10.5. The maximum Gasteiger partial charge on any atom is 0.248 e. The molecule has 1 aromatic rings. The van der Waals surface area contributed by atoms with E-state index in [0.717, 1.165) is 25.9 Å². The van der Waals surface area contributed by atoms with Crippen LogP contribution in [0.2, 0.25) is 0 Å². The van der Waals surface area contributed by atoms with Gasteiger partial charge in [-0.15, -0.1) is 11.3 Å². The molecule has 2 aliphatic heterocycles. The Labute approximate surface area is 115 Å². The Hall–Kier alpha value is -1.47. The van der Waals surface area contributed by atoms with Gasteiger partial charge in [-0.3, -0.25) is 9.59 Å². The number of thiazole rings is 1. The molecular weight excluding hydrogens is 264 g/mol. The summed E-state index contributed by atoms with van der Waals surface area (Å²) in [4.78, 5) is 30.2. The lowest BCUT2D eigenvalue weighted by molar-refractivity contribution is -0.141. The minimum Gasteiger partial charge on any atom is -0.330 e. The molecule has 6 nitrogen and oxygen atoms in total. The monoisotopic (exact) mass is 280 g/mol. The van der Waals surface area contributed by atoms with Gasteiger partial charge in [0.15, 0.2) is 5.13 Å². The van der Waals surface area contributed by atoms with Crippen molar-refractivity contribution >= 4 is 28.3 Å². The van der Waals surface area contributed by atoms with Crippen LogP contribution in [0.3, 0.4) is 0 Å². The third-order valence-corrected chi connectivity index (χ3v) is 4.32. The number of likely N-dealkylation sites (tertiary alicyclic amines) is 1. The van der Waals surface area contributed by atoms with E-state index >= 15 is 0 Å². The SMILES string of the molecule is O=C(Nc1nccs1)C1CCCN1C(=O)C1CNC1. The zero-order valence-corrected chi connectivity index (χ0v) is 11.3. The molecule has 0 saturated carbocycles. The Morgan fingerprint density at radius 1 is 1.47 bits per heavy atom. The van der Waals surface area contributed by atoms with Gasteiger partial charge >= 0.3 is 0 Å². The molecule has 3 heterocycles. The highest BCUT2D eigenvalue weighted by Crippen LogP contribution is 2.23. The molecule has 102 valence electrons. The van der Waals surface area contributed by atoms with Crippen LogP contribution in [0.4, 0.5) is 5.13 Å². The molecule has 0 radical (unpaired) electrons. The van der Waals surface area contributed by atoms with Crippen molar-refractivity contribution in [1.29, 1.82) is 0 Å². The lowest BCUT2D eigenvalue weighted by Crippen LogP contribution is -2.54. The van der Waals surface area contributed by atoms with Gasteiger partial charge in [0.25, 0.3) is 0 Å². The highest BCUT2D eigenvalue weighted by atomic mass is 32.1. The topological polar surface area (TPSA) is 74.3 Å². The number of anilines is 1. The lowest BCUT2D eigenvalue weighted by Gasteiger charge is -2.32. The molecule has 2 aliphatic rings. The molecule has 19 heavy (non-hydrogen) atoms. The summed E-state index contributed by atoms with van der Waals surface area (Å²) < 4.78 is 0. The fourth-order valence-electron chi connectivity index (χ4n) is 2.47. The first kappa shape index (κ1) is 12.6. The number of nitrogens with zero attached hydrogens (tertiary/aromatic N) is 2. The van der Waals surface area contributed by atoms with Crippen LogP contribution in [-0.4, -0.2) is 47.4 Å². The number of nitrogens with one attached hydrogen (secondary N) is 2. The Morgan fingerprint density at radius 3 is 2.95 bits per heavy atom. The first-order valence-electron chi connectivity index (χ1n) is 6.47. The maximum absolute atomic E-state index is 12.2. The molecule has 3 rings (SSSR count). The number of carbonyl (C=O) groups is 2. The molecule has 0 aliphatic carbocycles. The van der Waals surface area contributed by atoms with Gasteiger partial charge in [-0.25, -0.2) is 4.98 Å². The molecule has 7 heteroatoms. The smallest absolute Gasteiger partial charge is 0.248 e. The average molecular weight is 280 g/mol. The fourth-order valence-corrected chi connectivity index (χ4v) is 3.01. The summed E-state index contributed by atoms with van der Waals surface area (Å²) in [6, 6.07) is -0.336. The van der Waals surface area contributed by atoms with E-state index in [9.17, 15) is 9.59 Å². The predicted molar refractivity (Wildman–Crippen MR) is 71.8 cm³/mol. The van der Waals surface area contributed by atoms with Crippen molar-refractivity contribution in [2.24, 2.45) is 5.92 Å². The number of aromatic nitrogens is 1. The van der Waals surface area contributed by atoms with Crippen LogP contribution < -0.4 is 10.6 Å². The standard InChI is InChI=1S/C12H16N4O2S/c17-10(15-12-14-3-5-19-12)9-2-1-4-16(9)11(18)8-6-13-7-8/h3,5,8-9,13H,1-2,4,6-7H2,(H,14,15,17). The highest BCUT2D eigenvalue weighted by molar-refractivity contribution is 7.13. The molecule has 2 fully saturated rings. The van der Waals surface area contributed by atoms with Crippen LogP contribution >= 0.6 is 11.3 Å². The molecule has 0 aromatic carbocycles. The third-order valence-electron chi connectivity index (χ3n) is 3.63. The van der Waals surface area contributed by atoms with E-state index in [1.165, 1.54) is 11.3 Å². The predicted octanol–water partition coefficient (Wildman–Crippen LogP) is 0.292. The Balaban J connectivity index is 1.65. The molecule has 2 N–H and O–H groups in total. The minimum absolute atomic E-state index is 0.0493. The second-order valence-electron chi connectivity index (χ2n) is 4.87. The van der Waals surface area contributed by atoms with Crippen LogP contribution in [0, 0.1) is 5.92 Å². The molecule has 2 saturated heterocycles. The summed E-state index contributed by atoms with van der Waals surface area (Å²) >= 11 is 1.39. The summed E-state index contributed by atoms with van der Waals surface area (Å²) in [5.41, 5.74) is 0. The zero-order chi connectivity index (χ0) is 13.2. The average Bonchev–Trinajstić information content (AvgIpc) is 2.96. The molecule has 0 spiro atoms. The van der Waals surface area contributed by atoms with E-state index in [-0.39, 0.29) is 23.8 Å². The number of carbonyl (C=O) groups excluding carboxylic acids is 2. The summed E-state index contributed by atoms with van der Waals surface area (Å²) in [5, 5.41) is 8.28. The van der Waals surface area contributed by atoms with E-state index in [1.807, 2.05) is 5.38 Å². The van der Waals surface area contributed by atoms with Crippen molar-refractivity contribution in [3.63, 3.8) is 0 Å². The summed E-state index contributed by atoms with van der Waals surface area (Å²) in [5.74, 6) is 0.0388. The van der Waals surface area contributed by atoms with Gasteiger partial charge in [0.1, 0.15) is 6.04 Å².